The third-order valence-corrected chi connectivity index (χ3v) is 6.32. The Morgan fingerprint density at radius 3 is 2.36 bits per heavy atom. The molecule has 0 spiro atoms. The van der Waals surface area contributed by atoms with Gasteiger partial charge in [0, 0.05) is 19.6 Å². The Kier molecular flexibility index (Phi) is 6.91. The van der Waals surface area contributed by atoms with Crippen molar-refractivity contribution in [2.75, 3.05) is 24.5 Å². The van der Waals surface area contributed by atoms with Crippen molar-refractivity contribution < 1.29 is 19.1 Å². The highest BCUT2D eigenvalue weighted by Crippen LogP contribution is 2.34. The SMILES string of the molecule is CC(C)(C)OC(=O)N1CCC(Cc2cccc3c2CCN3C(=O)OCc2ccccc2)CC1. The standard InChI is InChI=1S/C27H34N2O4/c1-27(2,3)33-25(30)28-15-12-20(13-16-28)18-22-10-7-11-24-23(22)14-17-29(24)26(31)32-19-21-8-5-4-6-9-21/h4-11,20H,12-19H2,1-3H3. The number of hydrogen-bond acceptors (Lipinski definition) is 4. The van der Waals surface area contributed by atoms with E-state index >= 15 is 0 Å². The quantitative estimate of drug-likeness (QED) is 0.611. The van der Waals surface area contributed by atoms with Gasteiger partial charge in [0.15, 0.2) is 0 Å². The predicted octanol–water partition coefficient (Wildman–Crippen LogP) is 5.58. The topological polar surface area (TPSA) is 59.1 Å². The molecular weight excluding hydrogens is 416 g/mol. The highest BCUT2D eigenvalue weighted by Gasteiger charge is 2.30. The fourth-order valence-corrected chi connectivity index (χ4v) is 4.64. The van der Waals surface area contributed by atoms with Gasteiger partial charge < -0.3 is 14.4 Å². The van der Waals surface area contributed by atoms with Crippen LogP contribution in [0.2, 0.25) is 0 Å². The molecule has 2 amide bonds. The Balaban J connectivity index is 1.33. The number of rotatable bonds is 4. The number of ether oxygens (including phenoxy) is 2. The van der Waals surface area contributed by atoms with E-state index in [2.05, 4.69) is 6.07 Å². The first-order chi connectivity index (χ1) is 15.8. The smallest absolute Gasteiger partial charge is 0.414 e. The largest absolute Gasteiger partial charge is 0.444 e. The van der Waals surface area contributed by atoms with E-state index in [4.69, 9.17) is 9.47 Å². The number of carbonyl (C=O) groups excluding carboxylic acids is 2. The molecule has 0 bridgehead atoms. The maximum atomic E-state index is 12.7. The van der Waals surface area contributed by atoms with E-state index in [9.17, 15) is 9.59 Å². The van der Waals surface area contributed by atoms with Crippen LogP contribution in [0.5, 0.6) is 0 Å². The lowest BCUT2D eigenvalue weighted by Crippen LogP contribution is -2.42. The molecule has 0 N–H and O–H groups in total. The molecule has 0 aliphatic carbocycles. The molecule has 0 radical (unpaired) electrons. The second kappa shape index (κ2) is 9.86. The first kappa shape index (κ1) is 23.1. The average Bonchev–Trinajstić information content (AvgIpc) is 3.23. The number of nitrogens with zero attached hydrogens (tertiary/aromatic N) is 2. The number of fused-ring (bicyclic) bond motifs is 1. The van der Waals surface area contributed by atoms with Crippen LogP contribution in [0.15, 0.2) is 48.5 Å². The Morgan fingerprint density at radius 1 is 0.939 bits per heavy atom. The molecule has 6 heteroatoms. The van der Waals surface area contributed by atoms with Crippen LogP contribution in [-0.4, -0.2) is 42.3 Å². The van der Waals surface area contributed by atoms with Crippen molar-refractivity contribution in [3.05, 3.63) is 65.2 Å². The second-order valence-electron chi connectivity index (χ2n) is 9.97. The van der Waals surface area contributed by atoms with Crippen LogP contribution >= 0.6 is 0 Å². The summed E-state index contributed by atoms with van der Waals surface area (Å²) in [5, 5.41) is 0. The van der Waals surface area contributed by atoms with Crippen LogP contribution in [0.25, 0.3) is 0 Å². The summed E-state index contributed by atoms with van der Waals surface area (Å²) in [6.07, 6.45) is 3.24. The average molecular weight is 451 g/mol. The van der Waals surface area contributed by atoms with E-state index < -0.39 is 5.60 Å². The van der Waals surface area contributed by atoms with Crippen LogP contribution in [0.4, 0.5) is 15.3 Å². The van der Waals surface area contributed by atoms with E-state index in [1.807, 2.05) is 68.1 Å². The molecule has 2 aliphatic rings. The number of hydrogen-bond donors (Lipinski definition) is 0. The highest BCUT2D eigenvalue weighted by molar-refractivity contribution is 5.90. The molecular formula is C27H34N2O4. The maximum absolute atomic E-state index is 12.7. The molecule has 2 heterocycles. The number of anilines is 1. The van der Waals surface area contributed by atoms with Crippen molar-refractivity contribution in [2.45, 2.75) is 58.7 Å². The lowest BCUT2D eigenvalue weighted by molar-refractivity contribution is 0.0184. The normalized spacial score (nSPS) is 16.5. The van der Waals surface area contributed by atoms with Gasteiger partial charge >= 0.3 is 12.2 Å². The first-order valence-corrected chi connectivity index (χ1v) is 11.9. The third kappa shape index (κ3) is 5.86. The van der Waals surface area contributed by atoms with Crippen molar-refractivity contribution >= 4 is 17.9 Å². The summed E-state index contributed by atoms with van der Waals surface area (Å²) in [7, 11) is 0. The molecule has 0 saturated carbocycles. The minimum Gasteiger partial charge on any atom is -0.444 e. The maximum Gasteiger partial charge on any atom is 0.414 e. The summed E-state index contributed by atoms with van der Waals surface area (Å²) in [6.45, 7) is 8.08. The second-order valence-corrected chi connectivity index (χ2v) is 9.97. The Morgan fingerprint density at radius 2 is 1.67 bits per heavy atom. The van der Waals surface area contributed by atoms with Crippen LogP contribution < -0.4 is 4.90 Å². The van der Waals surface area contributed by atoms with Crippen LogP contribution in [0.3, 0.4) is 0 Å². The van der Waals surface area contributed by atoms with Gasteiger partial charge in [0.1, 0.15) is 12.2 Å². The van der Waals surface area contributed by atoms with Crippen molar-refractivity contribution in [3.8, 4) is 0 Å². The molecule has 4 rings (SSSR count). The fourth-order valence-electron chi connectivity index (χ4n) is 4.64. The summed E-state index contributed by atoms with van der Waals surface area (Å²) < 4.78 is 11.1. The summed E-state index contributed by atoms with van der Waals surface area (Å²) in [5.74, 6) is 0.522. The molecule has 0 atom stereocenters. The Bertz CT molecular complexity index is 975. The predicted molar refractivity (Wildman–Crippen MR) is 128 cm³/mol. The zero-order valence-electron chi connectivity index (χ0n) is 19.9. The van der Waals surface area contributed by atoms with Gasteiger partial charge in [-0.05, 0) is 75.1 Å². The van der Waals surface area contributed by atoms with Gasteiger partial charge in [0.2, 0.25) is 0 Å². The highest BCUT2D eigenvalue weighted by atomic mass is 16.6. The van der Waals surface area contributed by atoms with Crippen LogP contribution in [-0.2, 0) is 28.9 Å². The monoisotopic (exact) mass is 450 g/mol. The zero-order chi connectivity index (χ0) is 23.4. The number of piperidine rings is 1. The molecule has 2 aromatic carbocycles. The number of amides is 2. The molecule has 1 saturated heterocycles. The summed E-state index contributed by atoms with van der Waals surface area (Å²) in [4.78, 5) is 28.6. The van der Waals surface area contributed by atoms with E-state index in [0.29, 0.717) is 12.5 Å². The van der Waals surface area contributed by atoms with Gasteiger partial charge in [-0.15, -0.1) is 0 Å². The number of likely N-dealkylation sites (tertiary alicyclic amines) is 1. The molecule has 0 aromatic heterocycles. The van der Waals surface area contributed by atoms with Gasteiger partial charge in [-0.1, -0.05) is 42.5 Å². The lowest BCUT2D eigenvalue weighted by Gasteiger charge is -2.33. The lowest BCUT2D eigenvalue weighted by atomic mass is 9.88. The fraction of sp³-hybridized carbons (Fsp3) is 0.481. The van der Waals surface area contributed by atoms with Gasteiger partial charge in [-0.2, -0.15) is 0 Å². The van der Waals surface area contributed by atoms with Crippen molar-refractivity contribution in [1.29, 1.82) is 0 Å². The van der Waals surface area contributed by atoms with E-state index in [1.54, 1.807) is 4.90 Å². The van der Waals surface area contributed by atoms with Gasteiger partial charge in [-0.25, -0.2) is 9.59 Å². The van der Waals surface area contributed by atoms with Gasteiger partial charge in [0.25, 0.3) is 0 Å². The molecule has 176 valence electrons. The molecule has 2 aromatic rings. The van der Waals surface area contributed by atoms with E-state index in [1.165, 1.54) is 11.1 Å². The molecule has 2 aliphatic heterocycles. The van der Waals surface area contributed by atoms with Gasteiger partial charge in [0.05, 0.1) is 5.69 Å². The van der Waals surface area contributed by atoms with Crippen LogP contribution in [0.1, 0.15) is 50.3 Å². The number of benzene rings is 2. The first-order valence-electron chi connectivity index (χ1n) is 11.9. The molecule has 1 fully saturated rings. The van der Waals surface area contributed by atoms with Crippen molar-refractivity contribution in [1.82, 2.24) is 4.90 Å². The number of carbonyl (C=O) groups is 2. The summed E-state index contributed by atoms with van der Waals surface area (Å²) >= 11 is 0. The summed E-state index contributed by atoms with van der Waals surface area (Å²) in [5.41, 5.74) is 4.05. The van der Waals surface area contributed by atoms with Crippen molar-refractivity contribution in [3.63, 3.8) is 0 Å². The van der Waals surface area contributed by atoms with Crippen LogP contribution in [0, 0.1) is 5.92 Å². The summed E-state index contributed by atoms with van der Waals surface area (Å²) in [6, 6.07) is 16.0. The Labute approximate surface area is 196 Å². The van der Waals surface area contributed by atoms with E-state index in [0.717, 1.165) is 50.0 Å². The third-order valence-electron chi connectivity index (χ3n) is 6.32. The molecule has 33 heavy (non-hydrogen) atoms. The van der Waals surface area contributed by atoms with E-state index in [-0.39, 0.29) is 18.8 Å². The zero-order valence-corrected chi connectivity index (χ0v) is 19.9. The van der Waals surface area contributed by atoms with Gasteiger partial charge in [-0.3, -0.25) is 4.90 Å². The minimum absolute atomic E-state index is 0.216. The molecule has 0 unspecified atom stereocenters. The van der Waals surface area contributed by atoms with Crippen molar-refractivity contribution in [2.24, 2.45) is 5.92 Å². The Hall–Kier alpha value is -3.02. The minimum atomic E-state index is -0.466. The molecule has 6 nitrogen and oxygen atoms in total.